The Balaban J connectivity index is 2.04. The van der Waals surface area contributed by atoms with Crippen molar-refractivity contribution in [1.82, 2.24) is 9.55 Å². The van der Waals surface area contributed by atoms with Crippen molar-refractivity contribution in [3.05, 3.63) is 41.4 Å². The number of aromatic amines is 1. The predicted molar refractivity (Wildman–Crippen MR) is 104 cm³/mol. The molecule has 0 saturated carbocycles. The highest BCUT2D eigenvalue weighted by Gasteiger charge is 2.20. The lowest BCUT2D eigenvalue weighted by molar-refractivity contribution is 0.0986. The number of azo groups is 1. The maximum Gasteiger partial charge on any atom is 0.452 e. The molecule has 0 fully saturated rings. The third-order valence-electron chi connectivity index (χ3n) is 4.10. The number of ether oxygens (including phenoxy) is 1. The number of amides is 2. The molecular formula is C19H19N5O6. The van der Waals surface area contributed by atoms with Crippen LogP contribution in [0.3, 0.4) is 0 Å². The number of carbonyl (C=O) groups is 2. The van der Waals surface area contributed by atoms with Crippen LogP contribution in [0.25, 0.3) is 16.5 Å². The van der Waals surface area contributed by atoms with Crippen LogP contribution in [0.2, 0.25) is 0 Å². The molecule has 1 aromatic carbocycles. The van der Waals surface area contributed by atoms with Crippen molar-refractivity contribution < 1.29 is 29.6 Å². The van der Waals surface area contributed by atoms with E-state index < -0.39 is 35.1 Å². The lowest BCUT2D eigenvalue weighted by Gasteiger charge is -2.13. The Hall–Kier alpha value is -4.15. The molecule has 0 saturated heterocycles. The number of hydrogen-bond donors (Lipinski definition) is 5. The van der Waals surface area contributed by atoms with E-state index in [0.29, 0.717) is 0 Å². The highest BCUT2D eigenvalue weighted by atomic mass is 16.5. The number of carbonyl (C=O) groups excluding carboxylic acids is 2. The molecule has 0 aliphatic carbocycles. The quantitative estimate of drug-likeness (QED) is 0.411. The standard InChI is InChI=1S/C19H19N5O6/c1-9(2)8-30-19(29)23-22-17(27)10-5-3-4-6-12(10)24-13(25)7-11-14(15(24)20)18(28)21-16(11)26/h3-7,9,20-21,25-26,28H,8H2,1-2H3. The number of nitrogens with one attached hydrogen (secondary N) is 2. The van der Waals surface area contributed by atoms with Crippen LogP contribution in [0, 0.1) is 11.3 Å². The average Bonchev–Trinajstić information content (AvgIpc) is 2.98. The van der Waals surface area contributed by atoms with Crippen LogP contribution in [-0.4, -0.2) is 43.5 Å². The van der Waals surface area contributed by atoms with Crippen LogP contribution in [0.15, 0.2) is 40.6 Å². The molecule has 11 heteroatoms. The zero-order valence-electron chi connectivity index (χ0n) is 16.1. The number of nitrogens with zero attached hydrogens (tertiary/aromatic N) is 3. The lowest BCUT2D eigenvalue weighted by atomic mass is 10.1. The Morgan fingerprint density at radius 2 is 1.87 bits per heavy atom. The minimum atomic E-state index is -1.01. The Labute approximate surface area is 169 Å². The second-order valence-corrected chi connectivity index (χ2v) is 6.79. The van der Waals surface area contributed by atoms with Crippen LogP contribution in [0.4, 0.5) is 4.79 Å². The number of hydrogen-bond acceptors (Lipinski definition) is 7. The van der Waals surface area contributed by atoms with E-state index in [2.05, 4.69) is 15.2 Å². The van der Waals surface area contributed by atoms with Crippen molar-refractivity contribution in [2.24, 2.45) is 16.1 Å². The maximum atomic E-state index is 12.5. The first-order valence-corrected chi connectivity index (χ1v) is 8.86. The van der Waals surface area contributed by atoms with Crippen molar-refractivity contribution >= 4 is 22.8 Å². The van der Waals surface area contributed by atoms with E-state index in [1.807, 2.05) is 13.8 Å². The summed E-state index contributed by atoms with van der Waals surface area (Å²) >= 11 is 0. The number of fused-ring (bicyclic) bond motifs is 1. The van der Waals surface area contributed by atoms with Gasteiger partial charge in [-0.3, -0.25) is 19.8 Å². The number of aromatic nitrogens is 2. The number of rotatable bonds is 4. The molecule has 0 radical (unpaired) electrons. The van der Waals surface area contributed by atoms with E-state index >= 15 is 0 Å². The van der Waals surface area contributed by atoms with E-state index in [-0.39, 0.29) is 34.5 Å². The van der Waals surface area contributed by atoms with E-state index in [9.17, 15) is 24.9 Å². The van der Waals surface area contributed by atoms with E-state index in [0.717, 1.165) is 10.6 Å². The van der Waals surface area contributed by atoms with Crippen molar-refractivity contribution in [2.75, 3.05) is 6.61 Å². The molecule has 2 heterocycles. The van der Waals surface area contributed by atoms with Gasteiger partial charge < -0.3 is 20.1 Å². The molecule has 11 nitrogen and oxygen atoms in total. The molecule has 0 bridgehead atoms. The third kappa shape index (κ3) is 3.85. The second-order valence-electron chi connectivity index (χ2n) is 6.79. The van der Waals surface area contributed by atoms with Gasteiger partial charge in [0.15, 0.2) is 11.8 Å². The smallest absolute Gasteiger partial charge is 0.452 e. The maximum absolute atomic E-state index is 12.5. The van der Waals surface area contributed by atoms with Gasteiger partial charge in [0.1, 0.15) is 5.49 Å². The second kappa shape index (κ2) is 8.07. The lowest BCUT2D eigenvalue weighted by Crippen LogP contribution is -2.20. The SMILES string of the molecule is CC(C)COC(=O)N=NC(=O)c1ccccc1-n1c(O)cc2c(O)[nH]c(O)c2c1=N. The highest BCUT2D eigenvalue weighted by molar-refractivity contribution is 5.99. The molecule has 156 valence electrons. The van der Waals surface area contributed by atoms with Crippen molar-refractivity contribution in [3.8, 4) is 23.3 Å². The molecule has 3 aromatic rings. The molecule has 2 amide bonds. The van der Waals surface area contributed by atoms with Crippen LogP contribution in [-0.2, 0) is 4.74 Å². The van der Waals surface area contributed by atoms with Gasteiger partial charge in [-0.15, -0.1) is 0 Å². The van der Waals surface area contributed by atoms with E-state index in [1.54, 1.807) is 6.07 Å². The van der Waals surface area contributed by atoms with Crippen LogP contribution >= 0.6 is 0 Å². The third-order valence-corrected chi connectivity index (χ3v) is 4.10. The van der Waals surface area contributed by atoms with Gasteiger partial charge in [-0.05, 0) is 18.1 Å². The summed E-state index contributed by atoms with van der Waals surface area (Å²) in [5.41, 5.74) is -0.403. The van der Waals surface area contributed by atoms with Gasteiger partial charge in [-0.25, -0.2) is 4.79 Å². The van der Waals surface area contributed by atoms with Gasteiger partial charge in [0.25, 0.3) is 5.91 Å². The summed E-state index contributed by atoms with van der Waals surface area (Å²) in [4.78, 5) is 26.4. The molecule has 0 unspecified atom stereocenters. The van der Waals surface area contributed by atoms with E-state index in [4.69, 9.17) is 10.1 Å². The summed E-state index contributed by atoms with van der Waals surface area (Å²) in [5.74, 6) is -2.18. The first kappa shape index (κ1) is 20.6. The Kier molecular flexibility index (Phi) is 5.54. The molecule has 3 rings (SSSR count). The van der Waals surface area contributed by atoms with Gasteiger partial charge >= 0.3 is 6.09 Å². The number of benzene rings is 1. The van der Waals surface area contributed by atoms with Gasteiger partial charge in [0.05, 0.1) is 28.6 Å². The molecule has 0 spiro atoms. The summed E-state index contributed by atoms with van der Waals surface area (Å²) in [5, 5.41) is 45.1. The summed E-state index contributed by atoms with van der Waals surface area (Å²) in [7, 11) is 0. The van der Waals surface area contributed by atoms with Crippen molar-refractivity contribution in [1.29, 1.82) is 5.41 Å². The Bertz CT molecular complexity index is 1220. The molecular weight excluding hydrogens is 394 g/mol. The summed E-state index contributed by atoms with van der Waals surface area (Å²) in [6, 6.07) is 7.03. The van der Waals surface area contributed by atoms with Gasteiger partial charge in [-0.1, -0.05) is 36.2 Å². The van der Waals surface area contributed by atoms with Crippen LogP contribution in [0.5, 0.6) is 17.6 Å². The first-order valence-electron chi connectivity index (χ1n) is 8.86. The van der Waals surface area contributed by atoms with Crippen molar-refractivity contribution in [3.63, 3.8) is 0 Å². The fraction of sp³-hybridized carbons (Fsp3) is 0.211. The largest absolute Gasteiger partial charge is 0.494 e. The zero-order valence-corrected chi connectivity index (χ0v) is 16.1. The minimum Gasteiger partial charge on any atom is -0.494 e. The van der Waals surface area contributed by atoms with E-state index in [1.165, 1.54) is 18.2 Å². The summed E-state index contributed by atoms with van der Waals surface area (Å²) in [6.07, 6.45) is -1.01. The molecule has 2 aromatic heterocycles. The summed E-state index contributed by atoms with van der Waals surface area (Å²) in [6.45, 7) is 3.81. The summed E-state index contributed by atoms with van der Waals surface area (Å²) < 4.78 is 5.81. The molecule has 5 N–H and O–H groups in total. The number of para-hydroxylation sites is 1. The highest BCUT2D eigenvalue weighted by Crippen LogP contribution is 2.32. The zero-order chi connectivity index (χ0) is 22.0. The number of aromatic hydroxyl groups is 3. The van der Waals surface area contributed by atoms with Gasteiger partial charge in [0, 0.05) is 6.07 Å². The van der Waals surface area contributed by atoms with Crippen LogP contribution < -0.4 is 5.49 Å². The monoisotopic (exact) mass is 413 g/mol. The van der Waals surface area contributed by atoms with Crippen molar-refractivity contribution in [2.45, 2.75) is 13.8 Å². The topological polar surface area (TPSA) is 173 Å². The first-order chi connectivity index (χ1) is 14.2. The fourth-order valence-corrected chi connectivity index (χ4v) is 2.79. The normalized spacial score (nSPS) is 11.4. The fourth-order valence-electron chi connectivity index (χ4n) is 2.79. The van der Waals surface area contributed by atoms with Crippen LogP contribution in [0.1, 0.15) is 24.2 Å². The minimum absolute atomic E-state index is 0.0302. The van der Waals surface area contributed by atoms with Gasteiger partial charge in [0.2, 0.25) is 5.88 Å². The molecule has 0 aliphatic rings. The predicted octanol–water partition coefficient (Wildman–Crippen LogP) is 2.94. The van der Waals surface area contributed by atoms with Gasteiger partial charge in [-0.2, -0.15) is 0 Å². The number of pyridine rings is 1. The molecule has 30 heavy (non-hydrogen) atoms. The molecule has 0 atom stereocenters. The average molecular weight is 413 g/mol. The number of H-pyrrole nitrogens is 1. The Morgan fingerprint density at radius 3 is 2.57 bits per heavy atom. The molecule has 0 aliphatic heterocycles. The Morgan fingerprint density at radius 1 is 1.17 bits per heavy atom.